The SMILES string of the molecule is CCN(c1ccc(C(=O)NCCSCc2ccc(C)cc2)cc1)S(=O)(=O)CC. The molecular formula is C21H28N2O3S2. The molecule has 28 heavy (non-hydrogen) atoms. The maximum atomic E-state index is 12.3. The molecule has 7 heteroatoms. The standard InChI is InChI=1S/C21H28N2O3S2/c1-4-23(28(25,26)5-2)20-12-10-19(11-13-20)21(24)22-14-15-27-16-18-8-6-17(3)7-9-18/h6-13H,4-5,14-16H2,1-3H3,(H,22,24). The quantitative estimate of drug-likeness (QED) is 0.593. The van der Waals surface area contributed by atoms with E-state index >= 15 is 0 Å². The van der Waals surface area contributed by atoms with Crippen molar-refractivity contribution in [2.45, 2.75) is 26.5 Å². The number of carbonyl (C=O) groups is 1. The van der Waals surface area contributed by atoms with Gasteiger partial charge in [-0.1, -0.05) is 29.8 Å². The van der Waals surface area contributed by atoms with Gasteiger partial charge in [0.05, 0.1) is 11.4 Å². The normalized spacial score (nSPS) is 11.2. The van der Waals surface area contributed by atoms with E-state index in [0.29, 0.717) is 24.3 Å². The van der Waals surface area contributed by atoms with Crippen LogP contribution in [-0.2, 0) is 15.8 Å². The van der Waals surface area contributed by atoms with Crippen molar-refractivity contribution >= 4 is 33.4 Å². The van der Waals surface area contributed by atoms with Gasteiger partial charge in [0.2, 0.25) is 10.0 Å². The van der Waals surface area contributed by atoms with Crippen molar-refractivity contribution < 1.29 is 13.2 Å². The molecule has 0 spiro atoms. The molecule has 2 aromatic carbocycles. The molecule has 152 valence electrons. The molecule has 0 fully saturated rings. The van der Waals surface area contributed by atoms with Gasteiger partial charge in [0.25, 0.3) is 5.91 Å². The van der Waals surface area contributed by atoms with Gasteiger partial charge in [0.15, 0.2) is 0 Å². The molecule has 2 rings (SSSR count). The Balaban J connectivity index is 1.81. The molecule has 0 radical (unpaired) electrons. The van der Waals surface area contributed by atoms with Crippen LogP contribution in [0.1, 0.15) is 35.3 Å². The predicted molar refractivity (Wildman–Crippen MR) is 119 cm³/mol. The van der Waals surface area contributed by atoms with E-state index in [9.17, 15) is 13.2 Å². The first kappa shape index (κ1) is 22.3. The Bertz CT molecular complexity index is 864. The molecule has 0 saturated heterocycles. The molecular weight excluding hydrogens is 392 g/mol. The summed E-state index contributed by atoms with van der Waals surface area (Å²) in [6.45, 7) is 6.43. The highest BCUT2D eigenvalue weighted by atomic mass is 32.2. The van der Waals surface area contributed by atoms with Crippen LogP contribution in [0, 0.1) is 6.92 Å². The van der Waals surface area contributed by atoms with Crippen LogP contribution in [0.4, 0.5) is 5.69 Å². The fourth-order valence-corrected chi connectivity index (χ4v) is 4.65. The van der Waals surface area contributed by atoms with Crippen LogP contribution >= 0.6 is 11.8 Å². The number of rotatable bonds is 10. The van der Waals surface area contributed by atoms with Crippen LogP contribution in [0.5, 0.6) is 0 Å². The summed E-state index contributed by atoms with van der Waals surface area (Å²) in [5.74, 6) is 1.65. The summed E-state index contributed by atoms with van der Waals surface area (Å²) in [7, 11) is -3.31. The third kappa shape index (κ3) is 6.27. The molecule has 0 unspecified atom stereocenters. The Kier molecular flexibility index (Phi) is 8.38. The van der Waals surface area contributed by atoms with Gasteiger partial charge in [-0.25, -0.2) is 8.42 Å². The lowest BCUT2D eigenvalue weighted by Crippen LogP contribution is -2.32. The van der Waals surface area contributed by atoms with Gasteiger partial charge in [-0.3, -0.25) is 9.10 Å². The lowest BCUT2D eigenvalue weighted by atomic mass is 10.2. The molecule has 0 aliphatic rings. The average molecular weight is 421 g/mol. The van der Waals surface area contributed by atoms with E-state index in [4.69, 9.17) is 0 Å². The lowest BCUT2D eigenvalue weighted by Gasteiger charge is -2.22. The number of thioether (sulfide) groups is 1. The van der Waals surface area contributed by atoms with Crippen LogP contribution in [-0.4, -0.2) is 38.9 Å². The summed E-state index contributed by atoms with van der Waals surface area (Å²) < 4.78 is 25.6. The van der Waals surface area contributed by atoms with Gasteiger partial charge in [-0.15, -0.1) is 0 Å². The van der Waals surface area contributed by atoms with E-state index in [0.717, 1.165) is 11.5 Å². The van der Waals surface area contributed by atoms with Gasteiger partial charge >= 0.3 is 0 Å². The van der Waals surface area contributed by atoms with E-state index in [1.54, 1.807) is 49.9 Å². The number of nitrogens with one attached hydrogen (secondary N) is 1. The van der Waals surface area contributed by atoms with E-state index in [1.165, 1.54) is 15.4 Å². The molecule has 2 aromatic rings. The molecule has 0 aliphatic carbocycles. The fraction of sp³-hybridized carbons (Fsp3) is 0.381. The number of hydrogen-bond acceptors (Lipinski definition) is 4. The Hall–Kier alpha value is -1.99. The van der Waals surface area contributed by atoms with Crippen LogP contribution in [0.15, 0.2) is 48.5 Å². The lowest BCUT2D eigenvalue weighted by molar-refractivity contribution is 0.0956. The van der Waals surface area contributed by atoms with Crippen LogP contribution in [0.2, 0.25) is 0 Å². The number of nitrogens with zero attached hydrogens (tertiary/aromatic N) is 1. The fourth-order valence-electron chi connectivity index (χ4n) is 2.69. The average Bonchev–Trinajstić information content (AvgIpc) is 2.70. The van der Waals surface area contributed by atoms with E-state index in [2.05, 4.69) is 36.5 Å². The third-order valence-electron chi connectivity index (χ3n) is 4.33. The number of carbonyl (C=O) groups excluding carboxylic acids is 1. The number of sulfonamides is 1. The second-order valence-corrected chi connectivity index (χ2v) is 9.69. The van der Waals surface area contributed by atoms with Crippen LogP contribution in [0.3, 0.4) is 0 Å². The third-order valence-corrected chi connectivity index (χ3v) is 7.23. The number of amides is 1. The number of hydrogen-bond donors (Lipinski definition) is 1. The van der Waals surface area contributed by atoms with Gasteiger partial charge in [-0.2, -0.15) is 11.8 Å². The molecule has 0 atom stereocenters. The first-order chi connectivity index (χ1) is 13.4. The Morgan fingerprint density at radius 2 is 1.68 bits per heavy atom. The highest BCUT2D eigenvalue weighted by Crippen LogP contribution is 2.19. The Morgan fingerprint density at radius 1 is 1.04 bits per heavy atom. The van der Waals surface area contributed by atoms with Crippen LogP contribution < -0.4 is 9.62 Å². The van der Waals surface area contributed by atoms with Crippen molar-refractivity contribution in [1.82, 2.24) is 5.32 Å². The summed E-state index contributed by atoms with van der Waals surface area (Å²) in [4.78, 5) is 12.3. The monoisotopic (exact) mass is 420 g/mol. The van der Waals surface area contributed by atoms with E-state index < -0.39 is 10.0 Å². The first-order valence-electron chi connectivity index (χ1n) is 9.39. The second-order valence-electron chi connectivity index (χ2n) is 6.41. The predicted octanol–water partition coefficient (Wildman–Crippen LogP) is 3.83. The van der Waals surface area contributed by atoms with Gasteiger partial charge in [0.1, 0.15) is 0 Å². The van der Waals surface area contributed by atoms with Crippen molar-refractivity contribution in [1.29, 1.82) is 0 Å². The molecule has 0 saturated carbocycles. The number of anilines is 1. The molecule has 5 nitrogen and oxygen atoms in total. The van der Waals surface area contributed by atoms with Crippen molar-refractivity contribution in [2.75, 3.05) is 28.9 Å². The van der Waals surface area contributed by atoms with Crippen molar-refractivity contribution in [2.24, 2.45) is 0 Å². The minimum absolute atomic E-state index is 0.0450. The Labute approximate surface area is 172 Å². The maximum absolute atomic E-state index is 12.3. The van der Waals surface area contributed by atoms with Gasteiger partial charge in [0, 0.05) is 30.2 Å². The zero-order valence-corrected chi connectivity index (χ0v) is 18.3. The molecule has 0 aromatic heterocycles. The molecule has 0 heterocycles. The van der Waals surface area contributed by atoms with E-state index in [1.807, 2.05) is 0 Å². The topological polar surface area (TPSA) is 66.5 Å². The second kappa shape index (κ2) is 10.5. The number of aryl methyl sites for hydroxylation is 1. The summed E-state index contributed by atoms with van der Waals surface area (Å²) in [5, 5.41) is 2.91. The maximum Gasteiger partial charge on any atom is 0.251 e. The molecule has 1 N–H and O–H groups in total. The largest absolute Gasteiger partial charge is 0.351 e. The highest BCUT2D eigenvalue weighted by Gasteiger charge is 2.18. The van der Waals surface area contributed by atoms with Crippen molar-refractivity contribution in [3.05, 3.63) is 65.2 Å². The van der Waals surface area contributed by atoms with Gasteiger partial charge in [-0.05, 0) is 50.6 Å². The summed E-state index contributed by atoms with van der Waals surface area (Å²) in [6, 6.07) is 15.1. The summed E-state index contributed by atoms with van der Waals surface area (Å²) >= 11 is 1.78. The van der Waals surface area contributed by atoms with E-state index in [-0.39, 0.29) is 11.7 Å². The molecule has 0 aliphatic heterocycles. The molecule has 1 amide bonds. The summed E-state index contributed by atoms with van der Waals surface area (Å²) in [6.07, 6.45) is 0. The van der Waals surface area contributed by atoms with Crippen molar-refractivity contribution in [3.63, 3.8) is 0 Å². The number of benzene rings is 2. The minimum Gasteiger partial charge on any atom is -0.351 e. The smallest absolute Gasteiger partial charge is 0.251 e. The van der Waals surface area contributed by atoms with Gasteiger partial charge < -0.3 is 5.32 Å². The zero-order chi connectivity index (χ0) is 20.6. The Morgan fingerprint density at radius 3 is 2.25 bits per heavy atom. The van der Waals surface area contributed by atoms with Crippen molar-refractivity contribution in [3.8, 4) is 0 Å². The van der Waals surface area contributed by atoms with Crippen LogP contribution in [0.25, 0.3) is 0 Å². The highest BCUT2D eigenvalue weighted by molar-refractivity contribution is 7.98. The minimum atomic E-state index is -3.31. The molecule has 0 bridgehead atoms. The first-order valence-corrected chi connectivity index (χ1v) is 12.2. The zero-order valence-electron chi connectivity index (χ0n) is 16.6. The summed E-state index contributed by atoms with van der Waals surface area (Å²) in [5.41, 5.74) is 3.63.